The maximum atomic E-state index is 11.7. The van der Waals surface area contributed by atoms with Crippen LogP contribution in [0.15, 0.2) is 22.7 Å². The highest BCUT2D eigenvalue weighted by atomic mass is 79.9. The number of nitrogens with one attached hydrogen (secondary N) is 3. The Morgan fingerprint density at radius 3 is 2.55 bits per heavy atom. The zero-order valence-corrected chi connectivity index (χ0v) is 13.5. The molecule has 1 aromatic rings. The number of hydrogen-bond donors (Lipinski definition) is 3. The lowest BCUT2D eigenvalue weighted by Crippen LogP contribution is -2.40. The summed E-state index contributed by atoms with van der Waals surface area (Å²) in [5, 5.41) is 7.92. The molecule has 1 aromatic carbocycles. The minimum atomic E-state index is -0.408. The van der Waals surface area contributed by atoms with Crippen molar-refractivity contribution in [3.8, 4) is 0 Å². The molecule has 110 valence electrons. The summed E-state index contributed by atoms with van der Waals surface area (Å²) in [6, 6.07) is 5.20. The van der Waals surface area contributed by atoms with Gasteiger partial charge in [-0.25, -0.2) is 4.79 Å². The summed E-state index contributed by atoms with van der Waals surface area (Å²) in [5.41, 5.74) is 1.76. The van der Waals surface area contributed by atoms with Gasteiger partial charge in [0.05, 0.1) is 12.2 Å². The number of amides is 3. The molecule has 3 amide bonds. The van der Waals surface area contributed by atoms with Gasteiger partial charge in [0.2, 0.25) is 5.91 Å². The molecule has 5 nitrogen and oxygen atoms in total. The van der Waals surface area contributed by atoms with E-state index in [1.165, 1.54) is 0 Å². The van der Waals surface area contributed by atoms with Gasteiger partial charge >= 0.3 is 6.03 Å². The maximum Gasteiger partial charge on any atom is 0.319 e. The molecule has 0 bridgehead atoms. The summed E-state index contributed by atoms with van der Waals surface area (Å²) in [6.07, 6.45) is 0. The van der Waals surface area contributed by atoms with Crippen molar-refractivity contribution in [1.29, 1.82) is 0 Å². The van der Waals surface area contributed by atoms with E-state index in [1.807, 2.05) is 32.9 Å². The molecule has 20 heavy (non-hydrogen) atoms. The van der Waals surface area contributed by atoms with Crippen LogP contribution in [-0.4, -0.2) is 25.0 Å². The van der Waals surface area contributed by atoms with Crippen molar-refractivity contribution in [2.75, 3.05) is 18.4 Å². The van der Waals surface area contributed by atoms with Gasteiger partial charge in [0.15, 0.2) is 0 Å². The second-order valence-electron chi connectivity index (χ2n) is 4.99. The molecule has 0 aliphatic heterocycles. The monoisotopic (exact) mass is 341 g/mol. The summed E-state index contributed by atoms with van der Waals surface area (Å²) in [4.78, 5) is 23.1. The molecule has 0 aliphatic carbocycles. The average Bonchev–Trinajstić information content (AvgIpc) is 2.37. The number of anilines is 1. The van der Waals surface area contributed by atoms with E-state index in [9.17, 15) is 9.59 Å². The second-order valence-corrected chi connectivity index (χ2v) is 5.84. The van der Waals surface area contributed by atoms with Gasteiger partial charge in [-0.3, -0.25) is 4.79 Å². The van der Waals surface area contributed by atoms with Crippen LogP contribution in [0, 0.1) is 12.8 Å². The lowest BCUT2D eigenvalue weighted by atomic mass is 10.2. The molecule has 0 spiro atoms. The van der Waals surface area contributed by atoms with Crippen molar-refractivity contribution >= 4 is 33.6 Å². The van der Waals surface area contributed by atoms with E-state index in [2.05, 4.69) is 31.9 Å². The Kier molecular flexibility index (Phi) is 6.51. The Balaban J connectivity index is 2.38. The Bertz CT molecular complexity index is 489. The van der Waals surface area contributed by atoms with Crippen LogP contribution in [0.25, 0.3) is 0 Å². The van der Waals surface area contributed by atoms with Gasteiger partial charge in [-0.2, -0.15) is 0 Å². The predicted octanol–water partition coefficient (Wildman–Crippen LogP) is 2.65. The van der Waals surface area contributed by atoms with E-state index in [4.69, 9.17) is 0 Å². The summed E-state index contributed by atoms with van der Waals surface area (Å²) in [5.74, 6) is 0.188. The summed E-state index contributed by atoms with van der Waals surface area (Å²) < 4.78 is 0.803. The molecule has 1 rings (SSSR count). The van der Waals surface area contributed by atoms with Crippen molar-refractivity contribution in [1.82, 2.24) is 10.6 Å². The topological polar surface area (TPSA) is 70.2 Å². The van der Waals surface area contributed by atoms with Gasteiger partial charge in [0.25, 0.3) is 0 Å². The number of carbonyl (C=O) groups is 2. The Labute approximate surface area is 127 Å². The molecule has 3 N–H and O–H groups in total. The van der Waals surface area contributed by atoms with Crippen LogP contribution in [0.3, 0.4) is 0 Å². The lowest BCUT2D eigenvalue weighted by molar-refractivity contribution is -0.120. The van der Waals surface area contributed by atoms with Crippen LogP contribution in [0.1, 0.15) is 19.4 Å². The average molecular weight is 342 g/mol. The van der Waals surface area contributed by atoms with Gasteiger partial charge in [-0.15, -0.1) is 0 Å². The molecular formula is C14H20BrN3O2. The van der Waals surface area contributed by atoms with E-state index >= 15 is 0 Å². The maximum absolute atomic E-state index is 11.7. The zero-order valence-electron chi connectivity index (χ0n) is 11.9. The number of carbonyl (C=O) groups excluding carboxylic acids is 2. The fourth-order valence-corrected chi connectivity index (χ4v) is 2.02. The normalized spacial score (nSPS) is 10.2. The number of benzene rings is 1. The first-order valence-corrected chi connectivity index (χ1v) is 7.25. The first kappa shape index (κ1) is 16.5. The molecule has 0 unspecified atom stereocenters. The fourth-order valence-electron chi connectivity index (χ4n) is 1.43. The molecule has 0 saturated carbocycles. The van der Waals surface area contributed by atoms with Gasteiger partial charge < -0.3 is 16.0 Å². The molecule has 0 saturated heterocycles. The van der Waals surface area contributed by atoms with Crippen molar-refractivity contribution in [2.24, 2.45) is 5.92 Å². The third-order valence-electron chi connectivity index (χ3n) is 2.49. The first-order valence-electron chi connectivity index (χ1n) is 6.46. The Morgan fingerprint density at radius 1 is 1.25 bits per heavy atom. The van der Waals surface area contributed by atoms with Crippen molar-refractivity contribution < 1.29 is 9.59 Å². The summed E-state index contributed by atoms with van der Waals surface area (Å²) in [6.45, 7) is 6.55. The Hall–Kier alpha value is -1.56. The van der Waals surface area contributed by atoms with Crippen molar-refractivity contribution in [2.45, 2.75) is 20.8 Å². The SMILES string of the molecule is Cc1ccc(NC(=O)NCC(=O)NCC(C)C)c(Br)c1. The second kappa shape index (κ2) is 7.89. The smallest absolute Gasteiger partial charge is 0.319 e. The minimum Gasteiger partial charge on any atom is -0.354 e. The lowest BCUT2D eigenvalue weighted by Gasteiger charge is -2.10. The largest absolute Gasteiger partial charge is 0.354 e. The minimum absolute atomic E-state index is 0.0396. The quantitative estimate of drug-likeness (QED) is 0.770. The number of hydrogen-bond acceptors (Lipinski definition) is 2. The highest BCUT2D eigenvalue weighted by Gasteiger charge is 2.07. The van der Waals surface area contributed by atoms with Crippen LogP contribution < -0.4 is 16.0 Å². The molecular weight excluding hydrogens is 322 g/mol. The van der Waals surface area contributed by atoms with Crippen molar-refractivity contribution in [3.63, 3.8) is 0 Å². The molecule has 0 aliphatic rings. The van der Waals surface area contributed by atoms with E-state index in [1.54, 1.807) is 6.07 Å². The van der Waals surface area contributed by atoms with Crippen molar-refractivity contribution in [3.05, 3.63) is 28.2 Å². The third kappa shape index (κ3) is 6.06. The third-order valence-corrected chi connectivity index (χ3v) is 3.15. The predicted molar refractivity (Wildman–Crippen MR) is 83.7 cm³/mol. The zero-order chi connectivity index (χ0) is 15.1. The van der Waals surface area contributed by atoms with Gasteiger partial charge in [0, 0.05) is 11.0 Å². The van der Waals surface area contributed by atoms with Gasteiger partial charge in [-0.1, -0.05) is 19.9 Å². The van der Waals surface area contributed by atoms with Crippen LogP contribution in [0.2, 0.25) is 0 Å². The van der Waals surface area contributed by atoms with Gasteiger partial charge in [0.1, 0.15) is 0 Å². The van der Waals surface area contributed by atoms with E-state index < -0.39 is 6.03 Å². The molecule has 6 heteroatoms. The van der Waals surface area contributed by atoms with Crippen LogP contribution in [0.5, 0.6) is 0 Å². The fraction of sp³-hybridized carbons (Fsp3) is 0.429. The summed E-state index contributed by atoms with van der Waals surface area (Å²) in [7, 11) is 0. The molecule has 0 aromatic heterocycles. The molecule has 0 heterocycles. The highest BCUT2D eigenvalue weighted by molar-refractivity contribution is 9.10. The Morgan fingerprint density at radius 2 is 1.95 bits per heavy atom. The van der Waals surface area contributed by atoms with E-state index in [-0.39, 0.29) is 12.5 Å². The van der Waals surface area contributed by atoms with Gasteiger partial charge in [-0.05, 0) is 46.5 Å². The molecule has 0 fully saturated rings. The van der Waals surface area contributed by atoms with Crippen LogP contribution in [-0.2, 0) is 4.79 Å². The summed E-state index contributed by atoms with van der Waals surface area (Å²) >= 11 is 3.37. The van der Waals surface area contributed by atoms with E-state index in [0.29, 0.717) is 18.2 Å². The van der Waals surface area contributed by atoms with Crippen LogP contribution in [0.4, 0.5) is 10.5 Å². The number of rotatable bonds is 5. The number of aryl methyl sites for hydroxylation is 1. The standard InChI is InChI=1S/C14H20BrN3O2/c1-9(2)7-16-13(19)8-17-14(20)18-12-5-4-10(3)6-11(12)15/h4-6,9H,7-8H2,1-3H3,(H,16,19)(H2,17,18,20). The number of urea groups is 1. The van der Waals surface area contributed by atoms with Crippen LogP contribution >= 0.6 is 15.9 Å². The van der Waals surface area contributed by atoms with E-state index in [0.717, 1.165) is 10.0 Å². The molecule has 0 atom stereocenters. The molecule has 0 radical (unpaired) electrons. The first-order chi connectivity index (χ1) is 9.38. The highest BCUT2D eigenvalue weighted by Crippen LogP contribution is 2.23. The number of halogens is 1.